The van der Waals surface area contributed by atoms with Gasteiger partial charge in [0.25, 0.3) is 5.91 Å². The normalized spacial score (nSPS) is 11.9. The number of aliphatic hydroxyl groups is 1. The molecule has 0 saturated carbocycles. The van der Waals surface area contributed by atoms with Crippen LogP contribution < -0.4 is 4.74 Å². The van der Waals surface area contributed by atoms with Crippen LogP contribution in [0.25, 0.3) is 0 Å². The van der Waals surface area contributed by atoms with E-state index in [-0.39, 0.29) is 37.3 Å². The van der Waals surface area contributed by atoms with E-state index < -0.39 is 5.82 Å². The summed E-state index contributed by atoms with van der Waals surface area (Å²) in [6.07, 6.45) is 0.708. The van der Waals surface area contributed by atoms with Gasteiger partial charge < -0.3 is 14.7 Å². The molecule has 31 heavy (non-hydrogen) atoms. The summed E-state index contributed by atoms with van der Waals surface area (Å²) in [7, 11) is 0. The van der Waals surface area contributed by atoms with E-state index in [9.17, 15) is 14.3 Å². The molecule has 1 atom stereocenters. The van der Waals surface area contributed by atoms with Crippen LogP contribution in [0.1, 0.15) is 46.9 Å². The quantitative estimate of drug-likeness (QED) is 0.459. The first kappa shape index (κ1) is 23.2. The Kier molecular flexibility index (Phi) is 8.01. The molecule has 0 radical (unpaired) electrons. The van der Waals surface area contributed by atoms with Gasteiger partial charge in [-0.3, -0.25) is 4.79 Å². The third kappa shape index (κ3) is 5.81. The molecule has 0 aliphatic carbocycles. The molecule has 2 aromatic carbocycles. The number of thiazole rings is 1. The average molecular weight is 463 g/mol. The molecule has 0 aliphatic rings. The van der Waals surface area contributed by atoms with Gasteiger partial charge in [-0.25, -0.2) is 9.37 Å². The minimum absolute atomic E-state index is 0.0339. The monoisotopic (exact) mass is 462 g/mol. The van der Waals surface area contributed by atoms with Crippen LogP contribution in [0.4, 0.5) is 4.39 Å². The summed E-state index contributed by atoms with van der Waals surface area (Å²) in [5.74, 6) is -0.363. The number of hydrogen-bond donors (Lipinski definition) is 1. The zero-order valence-electron chi connectivity index (χ0n) is 17.3. The Balaban J connectivity index is 1.85. The fourth-order valence-corrected chi connectivity index (χ4v) is 3.95. The number of nitrogens with zero attached hydrogens (tertiary/aromatic N) is 2. The fraction of sp³-hybridized carbons (Fsp3) is 0.304. The number of aromatic nitrogens is 1. The highest BCUT2D eigenvalue weighted by Crippen LogP contribution is 2.28. The van der Waals surface area contributed by atoms with E-state index in [2.05, 4.69) is 4.98 Å². The van der Waals surface area contributed by atoms with E-state index in [4.69, 9.17) is 16.3 Å². The third-order valence-electron chi connectivity index (χ3n) is 4.96. The molecule has 1 amide bonds. The molecule has 164 valence electrons. The maximum Gasteiger partial charge on any atom is 0.257 e. The van der Waals surface area contributed by atoms with Gasteiger partial charge in [0, 0.05) is 28.6 Å². The predicted octanol–water partition coefficient (Wildman–Crippen LogP) is 5.45. The van der Waals surface area contributed by atoms with Gasteiger partial charge in [-0.2, -0.15) is 0 Å². The summed E-state index contributed by atoms with van der Waals surface area (Å²) in [6, 6.07) is 11.1. The van der Waals surface area contributed by atoms with E-state index in [0.717, 1.165) is 10.6 Å². The van der Waals surface area contributed by atoms with Gasteiger partial charge in [0.05, 0.1) is 17.9 Å². The Morgan fingerprint density at radius 2 is 2.10 bits per heavy atom. The molecule has 8 heteroatoms. The van der Waals surface area contributed by atoms with E-state index >= 15 is 0 Å². The number of benzene rings is 2. The topological polar surface area (TPSA) is 62.7 Å². The molecule has 0 spiro atoms. The Labute approximate surface area is 190 Å². The molecule has 0 fully saturated rings. The maximum atomic E-state index is 14.3. The predicted molar refractivity (Wildman–Crippen MR) is 120 cm³/mol. The highest BCUT2D eigenvalue weighted by atomic mass is 35.5. The molecule has 3 rings (SSSR count). The molecular weight excluding hydrogens is 439 g/mol. The minimum atomic E-state index is -0.549. The van der Waals surface area contributed by atoms with Crippen molar-refractivity contribution in [2.24, 2.45) is 0 Å². The van der Waals surface area contributed by atoms with Gasteiger partial charge in [-0.05, 0) is 43.7 Å². The molecule has 0 bridgehead atoms. The summed E-state index contributed by atoms with van der Waals surface area (Å²) in [5, 5.41) is 12.2. The van der Waals surface area contributed by atoms with Crippen LogP contribution in [0.5, 0.6) is 5.75 Å². The summed E-state index contributed by atoms with van der Waals surface area (Å²) in [5.41, 5.74) is 1.35. The first-order valence-electron chi connectivity index (χ1n) is 9.93. The number of aliphatic hydroxyl groups excluding tert-OH is 1. The number of ether oxygens (including phenoxy) is 1. The second-order valence-corrected chi connectivity index (χ2v) is 8.48. The molecule has 1 unspecified atom stereocenters. The van der Waals surface area contributed by atoms with Gasteiger partial charge >= 0.3 is 0 Å². The molecular formula is C23H24ClFN2O3S. The summed E-state index contributed by atoms with van der Waals surface area (Å²) < 4.78 is 20.2. The lowest BCUT2D eigenvalue weighted by atomic mass is 10.1. The zero-order valence-corrected chi connectivity index (χ0v) is 18.9. The summed E-state index contributed by atoms with van der Waals surface area (Å²) >= 11 is 7.62. The van der Waals surface area contributed by atoms with Gasteiger partial charge in [-0.15, -0.1) is 11.3 Å². The van der Waals surface area contributed by atoms with E-state index in [1.165, 1.54) is 23.5 Å². The molecule has 1 N–H and O–H groups in total. The van der Waals surface area contributed by atoms with Crippen molar-refractivity contribution in [2.75, 3.05) is 0 Å². The lowest BCUT2D eigenvalue weighted by molar-refractivity contribution is 0.0664. The van der Waals surface area contributed by atoms with Crippen molar-refractivity contribution in [3.8, 4) is 5.75 Å². The molecule has 5 nitrogen and oxygen atoms in total. The van der Waals surface area contributed by atoms with E-state index in [1.54, 1.807) is 40.6 Å². The van der Waals surface area contributed by atoms with Crippen molar-refractivity contribution < 1.29 is 19.0 Å². The summed E-state index contributed by atoms with van der Waals surface area (Å²) in [6.45, 7) is 4.23. The van der Waals surface area contributed by atoms with Gasteiger partial charge in [0.1, 0.15) is 23.2 Å². The first-order chi connectivity index (χ1) is 14.9. The number of amides is 1. The Hall–Kier alpha value is -2.48. The van der Waals surface area contributed by atoms with E-state index in [1.807, 2.05) is 13.8 Å². The molecule has 0 saturated heterocycles. The second-order valence-electron chi connectivity index (χ2n) is 7.10. The number of hydrogen-bond acceptors (Lipinski definition) is 5. The number of carbonyl (C=O) groups excluding carboxylic acids is 1. The second kappa shape index (κ2) is 10.7. The van der Waals surface area contributed by atoms with Crippen LogP contribution in [0.3, 0.4) is 0 Å². The van der Waals surface area contributed by atoms with Crippen LogP contribution in [0.15, 0.2) is 47.8 Å². The SMILES string of the molecule is CCC(C)N(Cc1cc(Cl)ccc1OCc1nc(CO)cs1)C(=O)c1ccccc1F. The fourth-order valence-electron chi connectivity index (χ4n) is 3.06. The molecule has 1 heterocycles. The number of halogens is 2. The van der Waals surface area contributed by atoms with E-state index in [0.29, 0.717) is 22.9 Å². The minimum Gasteiger partial charge on any atom is -0.486 e. The van der Waals surface area contributed by atoms with Gasteiger partial charge in [0.15, 0.2) is 0 Å². The lowest BCUT2D eigenvalue weighted by Gasteiger charge is -2.29. The summed E-state index contributed by atoms with van der Waals surface area (Å²) in [4.78, 5) is 19.1. The van der Waals surface area contributed by atoms with Gasteiger partial charge in [0.2, 0.25) is 0 Å². The van der Waals surface area contributed by atoms with Crippen LogP contribution in [0.2, 0.25) is 5.02 Å². The van der Waals surface area contributed by atoms with Crippen molar-refractivity contribution in [3.05, 3.63) is 80.5 Å². The van der Waals surface area contributed by atoms with Crippen molar-refractivity contribution in [2.45, 2.75) is 46.1 Å². The van der Waals surface area contributed by atoms with Gasteiger partial charge in [-0.1, -0.05) is 30.7 Å². The number of carbonyl (C=O) groups is 1. The van der Waals surface area contributed by atoms with Crippen LogP contribution in [0, 0.1) is 5.82 Å². The highest BCUT2D eigenvalue weighted by molar-refractivity contribution is 7.09. The lowest BCUT2D eigenvalue weighted by Crippen LogP contribution is -2.38. The molecule has 1 aromatic heterocycles. The van der Waals surface area contributed by atoms with Crippen molar-refractivity contribution in [1.82, 2.24) is 9.88 Å². The Morgan fingerprint density at radius 1 is 1.32 bits per heavy atom. The molecule has 3 aromatic rings. The highest BCUT2D eigenvalue weighted by Gasteiger charge is 2.24. The van der Waals surface area contributed by atoms with Crippen molar-refractivity contribution >= 4 is 28.8 Å². The number of rotatable bonds is 9. The van der Waals surface area contributed by atoms with Crippen molar-refractivity contribution in [1.29, 1.82) is 0 Å². The largest absolute Gasteiger partial charge is 0.486 e. The standard InChI is InChI=1S/C23H24ClFN2O3S/c1-3-15(2)27(23(29)19-6-4-5-7-20(19)25)11-16-10-17(24)8-9-21(16)30-13-22-26-18(12-28)14-31-22/h4-10,14-15,28H,3,11-13H2,1-2H3. The third-order valence-corrected chi connectivity index (χ3v) is 6.07. The smallest absolute Gasteiger partial charge is 0.257 e. The molecule has 0 aliphatic heterocycles. The first-order valence-corrected chi connectivity index (χ1v) is 11.2. The van der Waals surface area contributed by atoms with Crippen LogP contribution in [-0.4, -0.2) is 26.9 Å². The Bertz CT molecular complexity index is 1040. The van der Waals surface area contributed by atoms with Crippen molar-refractivity contribution in [3.63, 3.8) is 0 Å². The maximum absolute atomic E-state index is 14.3. The van der Waals surface area contributed by atoms with Crippen LogP contribution >= 0.6 is 22.9 Å². The zero-order chi connectivity index (χ0) is 22.4. The Morgan fingerprint density at radius 3 is 2.77 bits per heavy atom. The average Bonchev–Trinajstić information content (AvgIpc) is 3.24. The van der Waals surface area contributed by atoms with Crippen LogP contribution in [-0.2, 0) is 19.8 Å².